The first-order valence-electron chi connectivity index (χ1n) is 29.7. The number of ether oxygens (including phenoxy) is 6. The maximum absolute atomic E-state index is 13.3. The maximum Gasteiger partial charge on any atom is 0.364 e. The van der Waals surface area contributed by atoms with Gasteiger partial charge >= 0.3 is 5.97 Å². The van der Waals surface area contributed by atoms with Gasteiger partial charge in [0, 0.05) is 19.8 Å². The van der Waals surface area contributed by atoms with Gasteiger partial charge in [-0.25, -0.2) is 4.79 Å². The van der Waals surface area contributed by atoms with Crippen LogP contribution in [0.3, 0.4) is 0 Å². The summed E-state index contributed by atoms with van der Waals surface area (Å²) in [4.78, 5) is 38.3. The number of carboxylic acid groups (broad SMARTS) is 1. The lowest BCUT2D eigenvalue weighted by atomic mass is 9.88. The predicted octanol–water partition coefficient (Wildman–Crippen LogP) is 2.16. The van der Waals surface area contributed by atoms with Crippen LogP contribution in [0.5, 0.6) is 0 Å². The number of unbranched alkanes of at least 4 members (excludes halogenated alkanes) is 20. The highest BCUT2D eigenvalue weighted by Crippen LogP contribution is 2.38. The summed E-state index contributed by atoms with van der Waals surface area (Å²) in [7, 11) is 0. The van der Waals surface area contributed by atoms with Crippen molar-refractivity contribution in [1.82, 2.24) is 10.6 Å². The molecule has 3 fully saturated rings. The van der Waals surface area contributed by atoms with Gasteiger partial charge in [-0.3, -0.25) is 9.59 Å². The summed E-state index contributed by atoms with van der Waals surface area (Å²) in [5.74, 6) is -6.16. The number of carbonyl (C=O) groups excluding carboxylic acids is 2. The lowest BCUT2D eigenvalue weighted by Gasteiger charge is -2.50. The van der Waals surface area contributed by atoms with Crippen molar-refractivity contribution in [2.75, 3.05) is 26.4 Å². The van der Waals surface area contributed by atoms with Crippen LogP contribution in [-0.2, 0) is 42.8 Å². The number of aliphatic hydroxyl groups is 11. The van der Waals surface area contributed by atoms with Gasteiger partial charge in [0.05, 0.1) is 50.7 Å². The molecule has 3 heterocycles. The minimum atomic E-state index is -3.08. The normalized spacial score (nSPS) is 30.8. The second-order valence-electron chi connectivity index (χ2n) is 21.9. The summed E-state index contributed by atoms with van der Waals surface area (Å²) in [6.07, 6.45) is 4.09. The molecular weight excluding hydrogens is 1050 g/mol. The SMILES string of the molecule is CCCC/C=C\CCCCCCC(=O)NC(COC1OC(CO)C(OC2OC(CO)C(O)C(OC3(C(=O)O)CC(O)C(NC(C)=O)C(C(O)C(O)CO)O3)C2O)C(O)C1O)C(O)/C=C/CCCCCCCCCCCCCCCC. The molecule has 14 N–H and O–H groups in total. The zero-order valence-electron chi connectivity index (χ0n) is 47.7. The Morgan fingerprint density at radius 3 is 1.74 bits per heavy atom. The highest BCUT2D eigenvalue weighted by atomic mass is 16.8. The lowest BCUT2D eigenvalue weighted by molar-refractivity contribution is -0.386. The third-order valence-electron chi connectivity index (χ3n) is 15.1. The number of allylic oxidation sites excluding steroid dienone is 3. The molecule has 3 saturated heterocycles. The van der Waals surface area contributed by atoms with Crippen LogP contribution in [-0.4, -0.2) is 215 Å². The Balaban J connectivity index is 1.68. The monoisotopic (exact) mass is 1150 g/mol. The number of carbonyl (C=O) groups is 3. The van der Waals surface area contributed by atoms with Crippen LogP contribution in [0.15, 0.2) is 24.3 Å². The first kappa shape index (κ1) is 71.5. The van der Waals surface area contributed by atoms with Crippen molar-refractivity contribution in [3.63, 3.8) is 0 Å². The molecular formula is C57H102N2O21. The van der Waals surface area contributed by atoms with Crippen LogP contribution in [0.1, 0.15) is 181 Å². The van der Waals surface area contributed by atoms with Crippen molar-refractivity contribution in [2.45, 2.75) is 291 Å². The molecule has 18 unspecified atom stereocenters. The first-order chi connectivity index (χ1) is 38.4. The Hall–Kier alpha value is -2.79. The fraction of sp³-hybridized carbons (Fsp3) is 0.877. The van der Waals surface area contributed by atoms with Gasteiger partial charge in [0.2, 0.25) is 11.8 Å². The van der Waals surface area contributed by atoms with Gasteiger partial charge < -0.3 is 100 Å². The topological polar surface area (TPSA) is 373 Å². The summed E-state index contributed by atoms with van der Waals surface area (Å²) in [6, 6.07) is -2.62. The van der Waals surface area contributed by atoms with Crippen LogP contribution in [0.2, 0.25) is 0 Å². The third-order valence-corrected chi connectivity index (χ3v) is 15.1. The van der Waals surface area contributed by atoms with Crippen LogP contribution < -0.4 is 10.6 Å². The maximum atomic E-state index is 13.3. The van der Waals surface area contributed by atoms with E-state index in [9.17, 15) is 75.7 Å². The molecule has 0 bridgehead atoms. The lowest BCUT2D eigenvalue weighted by Crippen LogP contribution is -2.70. The molecule has 3 aliphatic rings. The molecule has 3 rings (SSSR count). The molecule has 18 atom stereocenters. The molecule has 0 aliphatic carbocycles. The molecule has 0 aromatic heterocycles. The van der Waals surface area contributed by atoms with E-state index in [0.717, 1.165) is 71.1 Å². The summed E-state index contributed by atoms with van der Waals surface area (Å²) in [5.41, 5.74) is 0. The van der Waals surface area contributed by atoms with Crippen LogP contribution in [0, 0.1) is 0 Å². The molecule has 23 nitrogen and oxygen atoms in total. The summed E-state index contributed by atoms with van der Waals surface area (Å²) in [6.45, 7) is 2.02. The average molecular weight is 1150 g/mol. The van der Waals surface area contributed by atoms with E-state index in [2.05, 4.69) is 36.6 Å². The number of aliphatic hydroxyl groups excluding tert-OH is 11. The number of hydrogen-bond acceptors (Lipinski definition) is 20. The van der Waals surface area contributed by atoms with E-state index in [1.807, 2.05) is 6.08 Å². The van der Waals surface area contributed by atoms with Crippen molar-refractivity contribution in [3.05, 3.63) is 24.3 Å². The molecule has 0 aromatic rings. The smallest absolute Gasteiger partial charge is 0.364 e. The summed E-state index contributed by atoms with van der Waals surface area (Å²) >= 11 is 0. The fourth-order valence-corrected chi connectivity index (χ4v) is 10.3. The molecule has 0 spiro atoms. The molecule has 0 radical (unpaired) electrons. The fourth-order valence-electron chi connectivity index (χ4n) is 10.3. The molecule has 2 amide bonds. The van der Waals surface area contributed by atoms with E-state index in [0.29, 0.717) is 12.8 Å². The molecule has 0 aromatic carbocycles. The number of amides is 2. The summed E-state index contributed by atoms with van der Waals surface area (Å²) in [5, 5.41) is 135. The van der Waals surface area contributed by atoms with E-state index in [1.165, 1.54) is 70.6 Å². The van der Waals surface area contributed by atoms with E-state index in [-0.39, 0.29) is 12.3 Å². The Morgan fingerprint density at radius 1 is 0.650 bits per heavy atom. The minimum absolute atomic E-state index is 0.185. The van der Waals surface area contributed by atoms with Gasteiger partial charge in [-0.05, 0) is 38.5 Å². The van der Waals surface area contributed by atoms with Gasteiger partial charge in [0.25, 0.3) is 5.79 Å². The Bertz CT molecular complexity index is 1750. The first-order valence-corrected chi connectivity index (χ1v) is 29.7. The molecule has 466 valence electrons. The van der Waals surface area contributed by atoms with Gasteiger partial charge in [-0.1, -0.05) is 147 Å². The van der Waals surface area contributed by atoms with Crippen molar-refractivity contribution < 1.29 is 104 Å². The van der Waals surface area contributed by atoms with Crippen LogP contribution in [0.25, 0.3) is 0 Å². The van der Waals surface area contributed by atoms with Gasteiger partial charge in [-0.15, -0.1) is 0 Å². The number of aliphatic carboxylic acids is 1. The van der Waals surface area contributed by atoms with Crippen molar-refractivity contribution in [3.8, 4) is 0 Å². The predicted molar refractivity (Wildman–Crippen MR) is 292 cm³/mol. The highest BCUT2D eigenvalue weighted by molar-refractivity contribution is 5.77. The van der Waals surface area contributed by atoms with Gasteiger partial charge in [0.15, 0.2) is 12.6 Å². The number of carboxylic acids is 1. The molecule has 3 aliphatic heterocycles. The van der Waals surface area contributed by atoms with Crippen molar-refractivity contribution in [2.24, 2.45) is 0 Å². The molecule has 23 heteroatoms. The zero-order chi connectivity index (χ0) is 59.0. The van der Waals surface area contributed by atoms with Gasteiger partial charge in [0.1, 0.15) is 67.1 Å². The van der Waals surface area contributed by atoms with Gasteiger partial charge in [-0.2, -0.15) is 0 Å². The largest absolute Gasteiger partial charge is 0.477 e. The molecule has 80 heavy (non-hydrogen) atoms. The zero-order valence-corrected chi connectivity index (χ0v) is 47.7. The Kier molecular flexibility index (Phi) is 35.5. The summed E-state index contributed by atoms with van der Waals surface area (Å²) < 4.78 is 34.6. The average Bonchev–Trinajstić information content (AvgIpc) is 3.43. The third kappa shape index (κ3) is 24.1. The molecule has 0 saturated carbocycles. The van der Waals surface area contributed by atoms with Crippen LogP contribution >= 0.6 is 0 Å². The van der Waals surface area contributed by atoms with Crippen LogP contribution in [0.4, 0.5) is 0 Å². The van der Waals surface area contributed by atoms with E-state index in [4.69, 9.17) is 28.4 Å². The number of hydrogen-bond donors (Lipinski definition) is 14. The Labute approximate surface area is 473 Å². The highest BCUT2D eigenvalue weighted by Gasteiger charge is 2.60. The quantitative estimate of drug-likeness (QED) is 0.0308. The minimum Gasteiger partial charge on any atom is -0.477 e. The number of rotatable bonds is 42. The second kappa shape index (κ2) is 39.7. The standard InChI is InChI=1S/C57H102N2O21/c1-4-6-8-10-12-14-16-17-18-19-20-21-22-24-26-28-30-39(64)38(59-44(67)31-29-27-25-23-15-13-11-9-7-5-2)36-75-54-49(71)48(70)51(43(35-62)77-54)78-55-50(72)53(47(69)42(34-61)76-55)80-57(56(73)74)32-40(65)45(58-37(3)63)52(79-57)46(68)41(66)33-60/h11,13,28,30,38-43,45-55,60-62,64-66,68-72H,4-10,12,14-27,29,31-36H2,1-3H3,(H,58,63)(H,59,67)(H,73,74)/b13-11-,30-28+. The Morgan fingerprint density at radius 2 is 1.19 bits per heavy atom. The second-order valence-corrected chi connectivity index (χ2v) is 21.9. The van der Waals surface area contributed by atoms with Crippen molar-refractivity contribution in [1.29, 1.82) is 0 Å². The van der Waals surface area contributed by atoms with Crippen molar-refractivity contribution >= 4 is 17.8 Å². The van der Waals surface area contributed by atoms with E-state index in [1.54, 1.807) is 6.08 Å². The van der Waals surface area contributed by atoms with E-state index < -0.39 is 155 Å². The van der Waals surface area contributed by atoms with E-state index >= 15 is 0 Å². The number of nitrogens with one attached hydrogen (secondary N) is 2.